The first kappa shape index (κ1) is 16.2. The minimum atomic E-state index is -3.38. The fraction of sp³-hybridized carbons (Fsp3) is 0.462. The molecular formula is C13H17ClN2O4S. The van der Waals surface area contributed by atoms with Gasteiger partial charge in [-0.25, -0.2) is 8.42 Å². The lowest BCUT2D eigenvalue weighted by Crippen LogP contribution is -2.54. The summed E-state index contributed by atoms with van der Waals surface area (Å²) in [7, 11) is -3.38. The number of nitrogens with one attached hydrogen (secondary N) is 1. The van der Waals surface area contributed by atoms with Gasteiger partial charge in [-0.05, 0) is 31.0 Å². The fourth-order valence-electron chi connectivity index (χ4n) is 2.04. The molecule has 116 valence electrons. The van der Waals surface area contributed by atoms with E-state index in [-0.39, 0.29) is 15.6 Å². The summed E-state index contributed by atoms with van der Waals surface area (Å²) in [6.45, 7) is 0.835. The van der Waals surface area contributed by atoms with Crippen LogP contribution in [0, 0.1) is 0 Å². The molecular weight excluding hydrogens is 316 g/mol. The van der Waals surface area contributed by atoms with Crippen LogP contribution in [0.25, 0.3) is 0 Å². The standard InChI is InChI=1S/C13H17ClN2O4S/c1-21(18,19)9-2-3-10(14)11(8-9)16-12(17)13(15)4-6-20-7-5-13/h2-3,8H,4-7,15H2,1H3,(H,16,17). The number of ether oxygens (including phenoxy) is 1. The smallest absolute Gasteiger partial charge is 0.244 e. The Bertz CT molecular complexity index is 654. The van der Waals surface area contributed by atoms with Gasteiger partial charge >= 0.3 is 0 Å². The molecule has 8 heteroatoms. The number of benzene rings is 1. The third-order valence-corrected chi connectivity index (χ3v) is 4.89. The number of hydrogen-bond donors (Lipinski definition) is 2. The maximum absolute atomic E-state index is 12.3. The van der Waals surface area contributed by atoms with Crippen molar-refractivity contribution >= 4 is 33.0 Å². The molecule has 0 bridgehead atoms. The van der Waals surface area contributed by atoms with Crippen LogP contribution in [0.3, 0.4) is 0 Å². The minimum absolute atomic E-state index is 0.0836. The molecule has 1 aromatic carbocycles. The third kappa shape index (κ3) is 3.74. The van der Waals surface area contributed by atoms with Crippen molar-refractivity contribution < 1.29 is 17.9 Å². The van der Waals surface area contributed by atoms with Crippen molar-refractivity contribution in [3.63, 3.8) is 0 Å². The number of hydrogen-bond acceptors (Lipinski definition) is 5. The number of sulfone groups is 1. The van der Waals surface area contributed by atoms with Gasteiger partial charge in [0.25, 0.3) is 0 Å². The van der Waals surface area contributed by atoms with Gasteiger partial charge in [0.2, 0.25) is 5.91 Å². The van der Waals surface area contributed by atoms with Crippen LogP contribution in [0.2, 0.25) is 5.02 Å². The Hall–Kier alpha value is -1.15. The van der Waals surface area contributed by atoms with E-state index in [0.29, 0.717) is 26.1 Å². The molecule has 3 N–H and O–H groups in total. The predicted molar refractivity (Wildman–Crippen MR) is 80.2 cm³/mol. The third-order valence-electron chi connectivity index (χ3n) is 3.45. The maximum Gasteiger partial charge on any atom is 0.244 e. The van der Waals surface area contributed by atoms with Crippen LogP contribution in [-0.2, 0) is 19.4 Å². The second-order valence-electron chi connectivity index (χ2n) is 5.14. The molecule has 1 aliphatic rings. The van der Waals surface area contributed by atoms with Gasteiger partial charge in [-0.15, -0.1) is 0 Å². The summed E-state index contributed by atoms with van der Waals surface area (Å²) in [4.78, 5) is 12.4. The highest BCUT2D eigenvalue weighted by Gasteiger charge is 2.36. The van der Waals surface area contributed by atoms with Gasteiger partial charge in [0.15, 0.2) is 9.84 Å². The van der Waals surface area contributed by atoms with Crippen LogP contribution in [0.1, 0.15) is 12.8 Å². The number of rotatable bonds is 3. The number of halogens is 1. The van der Waals surface area contributed by atoms with Crippen molar-refractivity contribution in [2.24, 2.45) is 5.73 Å². The van der Waals surface area contributed by atoms with E-state index in [1.165, 1.54) is 18.2 Å². The van der Waals surface area contributed by atoms with Gasteiger partial charge in [-0.1, -0.05) is 11.6 Å². The number of carbonyl (C=O) groups excluding carboxylic acids is 1. The molecule has 1 fully saturated rings. The first-order chi connectivity index (χ1) is 9.72. The van der Waals surface area contributed by atoms with E-state index in [9.17, 15) is 13.2 Å². The van der Waals surface area contributed by atoms with Crippen molar-refractivity contribution in [3.8, 4) is 0 Å². The molecule has 0 aromatic heterocycles. The van der Waals surface area contributed by atoms with Crippen LogP contribution in [0.5, 0.6) is 0 Å². The van der Waals surface area contributed by atoms with E-state index >= 15 is 0 Å². The largest absolute Gasteiger partial charge is 0.381 e. The van der Waals surface area contributed by atoms with Gasteiger partial charge in [0.1, 0.15) is 5.54 Å². The second kappa shape index (κ2) is 5.92. The van der Waals surface area contributed by atoms with Crippen LogP contribution >= 0.6 is 11.6 Å². The van der Waals surface area contributed by atoms with E-state index in [4.69, 9.17) is 22.1 Å². The van der Waals surface area contributed by atoms with Crippen molar-refractivity contribution in [3.05, 3.63) is 23.2 Å². The van der Waals surface area contributed by atoms with E-state index in [1.807, 2.05) is 0 Å². The molecule has 2 rings (SSSR count). The van der Waals surface area contributed by atoms with Gasteiger partial charge in [-0.2, -0.15) is 0 Å². The van der Waals surface area contributed by atoms with E-state index in [1.54, 1.807) is 0 Å². The van der Waals surface area contributed by atoms with Crippen LogP contribution in [0.15, 0.2) is 23.1 Å². The summed E-state index contributed by atoms with van der Waals surface area (Å²) in [6, 6.07) is 4.15. The number of amides is 1. The average molecular weight is 333 g/mol. The zero-order valence-electron chi connectivity index (χ0n) is 11.6. The highest BCUT2D eigenvalue weighted by atomic mass is 35.5. The van der Waals surface area contributed by atoms with E-state index in [2.05, 4.69) is 5.32 Å². The summed E-state index contributed by atoms with van der Waals surface area (Å²) in [5.74, 6) is -0.390. The first-order valence-corrected chi connectivity index (χ1v) is 8.67. The van der Waals surface area contributed by atoms with Crippen LogP contribution in [0.4, 0.5) is 5.69 Å². The molecule has 1 saturated heterocycles. The molecule has 0 spiro atoms. The van der Waals surface area contributed by atoms with Crippen molar-refractivity contribution in [1.29, 1.82) is 0 Å². The van der Waals surface area contributed by atoms with Gasteiger partial charge in [-0.3, -0.25) is 4.79 Å². The van der Waals surface area contributed by atoms with Crippen molar-refractivity contribution in [1.82, 2.24) is 0 Å². The van der Waals surface area contributed by atoms with Crippen LogP contribution in [-0.4, -0.2) is 39.3 Å². The molecule has 0 saturated carbocycles. The highest BCUT2D eigenvalue weighted by molar-refractivity contribution is 7.90. The van der Waals surface area contributed by atoms with Crippen LogP contribution < -0.4 is 11.1 Å². The molecule has 0 aliphatic carbocycles. The fourth-order valence-corrected chi connectivity index (χ4v) is 2.85. The molecule has 1 aliphatic heterocycles. The number of anilines is 1. The van der Waals surface area contributed by atoms with Gasteiger partial charge < -0.3 is 15.8 Å². The predicted octanol–water partition coefficient (Wildman–Crippen LogP) is 1.19. The van der Waals surface area contributed by atoms with Crippen molar-refractivity contribution in [2.45, 2.75) is 23.3 Å². The SMILES string of the molecule is CS(=O)(=O)c1ccc(Cl)c(NC(=O)C2(N)CCOCC2)c1. The topological polar surface area (TPSA) is 98.5 Å². The minimum Gasteiger partial charge on any atom is -0.381 e. The lowest BCUT2D eigenvalue weighted by atomic mass is 9.90. The highest BCUT2D eigenvalue weighted by Crippen LogP contribution is 2.27. The Labute approximate surface area is 128 Å². The molecule has 0 radical (unpaired) electrons. The zero-order chi connectivity index (χ0) is 15.7. The Morgan fingerprint density at radius 3 is 2.57 bits per heavy atom. The lowest BCUT2D eigenvalue weighted by Gasteiger charge is -2.31. The molecule has 6 nitrogen and oxygen atoms in total. The molecule has 1 heterocycles. The lowest BCUT2D eigenvalue weighted by molar-refractivity contribution is -0.124. The normalized spacial score (nSPS) is 18.2. The summed E-state index contributed by atoms with van der Waals surface area (Å²) in [5.41, 5.74) is 5.28. The second-order valence-corrected chi connectivity index (χ2v) is 7.56. The Balaban J connectivity index is 2.24. The summed E-state index contributed by atoms with van der Waals surface area (Å²) in [6.07, 6.45) is 1.90. The summed E-state index contributed by atoms with van der Waals surface area (Å²) in [5, 5.41) is 2.87. The molecule has 1 amide bonds. The van der Waals surface area contributed by atoms with Gasteiger partial charge in [0, 0.05) is 19.5 Å². The van der Waals surface area contributed by atoms with Gasteiger partial charge in [0.05, 0.1) is 15.6 Å². The van der Waals surface area contributed by atoms with E-state index < -0.39 is 21.3 Å². The molecule has 1 aromatic rings. The van der Waals surface area contributed by atoms with Crippen molar-refractivity contribution in [2.75, 3.05) is 24.8 Å². The number of nitrogens with two attached hydrogens (primary N) is 1. The maximum atomic E-state index is 12.3. The molecule has 0 atom stereocenters. The monoisotopic (exact) mass is 332 g/mol. The zero-order valence-corrected chi connectivity index (χ0v) is 13.1. The summed E-state index contributed by atoms with van der Waals surface area (Å²) >= 11 is 6.00. The Kier molecular flexibility index (Phi) is 4.57. The molecule has 21 heavy (non-hydrogen) atoms. The molecule has 0 unspecified atom stereocenters. The quantitative estimate of drug-likeness (QED) is 0.866. The summed E-state index contributed by atoms with van der Waals surface area (Å²) < 4.78 is 28.3. The van der Waals surface area contributed by atoms with E-state index in [0.717, 1.165) is 6.26 Å². The Morgan fingerprint density at radius 2 is 2.00 bits per heavy atom. The number of carbonyl (C=O) groups is 1. The first-order valence-electron chi connectivity index (χ1n) is 6.40. The average Bonchev–Trinajstić information content (AvgIpc) is 2.40. The Morgan fingerprint density at radius 1 is 1.38 bits per heavy atom.